The first-order valence-electron chi connectivity index (χ1n) is 9.32. The number of rotatable bonds is 11. The van der Waals surface area contributed by atoms with E-state index in [2.05, 4.69) is 46.0 Å². The lowest BCUT2D eigenvalue weighted by molar-refractivity contribution is -0.0504. The number of hydrogen-bond acceptors (Lipinski definition) is 3. The number of aliphatic imine (C=N–C) groups is 1. The normalized spacial score (nSPS) is 12.7. The number of guanidine groups is 1. The fraction of sp³-hybridized carbons (Fsp3) is 0.632. The molecule has 0 saturated carbocycles. The quantitative estimate of drug-likeness (QED) is 0.246. The SMILES string of the molecule is CCN(CC)CCCC(C)NC(=NC)NCc1cc(Cl)ccc1OC(F)F.I. The van der Waals surface area contributed by atoms with E-state index >= 15 is 0 Å². The molecule has 0 amide bonds. The maximum atomic E-state index is 12.5. The van der Waals surface area contributed by atoms with Gasteiger partial charge in [0.1, 0.15) is 5.75 Å². The second-order valence-corrected chi connectivity index (χ2v) is 6.71. The first kappa shape index (κ1) is 27.1. The highest BCUT2D eigenvalue weighted by molar-refractivity contribution is 14.0. The number of benzene rings is 1. The predicted octanol–water partition coefficient (Wildman–Crippen LogP) is 4.73. The minimum Gasteiger partial charge on any atom is -0.434 e. The summed E-state index contributed by atoms with van der Waals surface area (Å²) in [4.78, 5) is 6.59. The Morgan fingerprint density at radius 3 is 2.54 bits per heavy atom. The molecule has 0 saturated heterocycles. The third-order valence-corrected chi connectivity index (χ3v) is 4.53. The molecule has 0 bridgehead atoms. The molecule has 1 aromatic carbocycles. The molecule has 0 aliphatic carbocycles. The second kappa shape index (κ2) is 15.0. The molecule has 0 radical (unpaired) electrons. The first-order chi connectivity index (χ1) is 12.9. The number of halogens is 4. The lowest BCUT2D eigenvalue weighted by Gasteiger charge is -2.21. The van der Waals surface area contributed by atoms with E-state index in [1.165, 1.54) is 12.1 Å². The van der Waals surface area contributed by atoms with E-state index in [9.17, 15) is 8.78 Å². The zero-order chi connectivity index (χ0) is 20.2. The fourth-order valence-electron chi connectivity index (χ4n) is 2.74. The zero-order valence-corrected chi connectivity index (χ0v) is 20.1. The Morgan fingerprint density at radius 2 is 1.96 bits per heavy atom. The Kier molecular flexibility index (Phi) is 14.6. The molecular formula is C19H32ClF2IN4O. The van der Waals surface area contributed by atoms with E-state index in [1.54, 1.807) is 13.1 Å². The van der Waals surface area contributed by atoms with Crippen LogP contribution in [0.25, 0.3) is 0 Å². The molecule has 5 nitrogen and oxygen atoms in total. The van der Waals surface area contributed by atoms with Gasteiger partial charge in [-0.1, -0.05) is 25.4 Å². The monoisotopic (exact) mass is 532 g/mol. The lowest BCUT2D eigenvalue weighted by Crippen LogP contribution is -2.42. The van der Waals surface area contributed by atoms with Crippen molar-refractivity contribution in [1.29, 1.82) is 0 Å². The van der Waals surface area contributed by atoms with Crippen LogP contribution in [-0.4, -0.2) is 50.2 Å². The standard InChI is InChI=1S/C19H31ClF2N4O.HI/c1-5-26(6-2)11-7-8-14(3)25-19(23-4)24-13-15-12-16(20)9-10-17(15)27-18(21)22;/h9-10,12,14,18H,5-8,11,13H2,1-4H3,(H2,23,24,25);1H. The molecule has 0 fully saturated rings. The minimum absolute atomic E-state index is 0. The van der Waals surface area contributed by atoms with Gasteiger partial charge >= 0.3 is 6.61 Å². The average Bonchev–Trinajstić information content (AvgIpc) is 2.63. The van der Waals surface area contributed by atoms with Gasteiger partial charge in [0.15, 0.2) is 5.96 Å². The van der Waals surface area contributed by atoms with E-state index in [-0.39, 0.29) is 42.3 Å². The minimum atomic E-state index is -2.88. The maximum Gasteiger partial charge on any atom is 0.387 e. The first-order valence-corrected chi connectivity index (χ1v) is 9.70. The van der Waals surface area contributed by atoms with Crippen molar-refractivity contribution >= 4 is 41.5 Å². The summed E-state index contributed by atoms with van der Waals surface area (Å²) in [6.45, 7) is 7.01. The van der Waals surface area contributed by atoms with Gasteiger partial charge in [-0.05, 0) is 57.6 Å². The van der Waals surface area contributed by atoms with Crippen molar-refractivity contribution in [3.8, 4) is 5.75 Å². The van der Waals surface area contributed by atoms with Crippen molar-refractivity contribution in [3.63, 3.8) is 0 Å². The molecule has 28 heavy (non-hydrogen) atoms. The molecule has 9 heteroatoms. The summed E-state index contributed by atoms with van der Waals surface area (Å²) in [6, 6.07) is 4.81. The van der Waals surface area contributed by atoms with Crippen LogP contribution in [-0.2, 0) is 6.54 Å². The lowest BCUT2D eigenvalue weighted by atomic mass is 10.1. The van der Waals surface area contributed by atoms with Gasteiger partial charge in [0.25, 0.3) is 0 Å². The molecule has 1 unspecified atom stereocenters. The highest BCUT2D eigenvalue weighted by atomic mass is 127. The maximum absolute atomic E-state index is 12.5. The molecule has 162 valence electrons. The van der Waals surface area contributed by atoms with Crippen LogP contribution in [0.15, 0.2) is 23.2 Å². The summed E-state index contributed by atoms with van der Waals surface area (Å²) in [5.41, 5.74) is 0.542. The smallest absolute Gasteiger partial charge is 0.387 e. The van der Waals surface area contributed by atoms with Crippen LogP contribution in [0.5, 0.6) is 5.75 Å². The number of nitrogens with zero attached hydrogens (tertiary/aromatic N) is 2. The summed E-state index contributed by atoms with van der Waals surface area (Å²) >= 11 is 5.97. The van der Waals surface area contributed by atoms with Crippen molar-refractivity contribution in [2.75, 3.05) is 26.7 Å². The topological polar surface area (TPSA) is 48.9 Å². The molecule has 0 aliphatic rings. The Bertz CT molecular complexity index is 589. The summed E-state index contributed by atoms with van der Waals surface area (Å²) in [6.07, 6.45) is 2.10. The summed E-state index contributed by atoms with van der Waals surface area (Å²) in [5.74, 6) is 0.706. The van der Waals surface area contributed by atoms with Crippen molar-refractivity contribution < 1.29 is 13.5 Å². The molecule has 0 aromatic heterocycles. The van der Waals surface area contributed by atoms with Crippen molar-refractivity contribution in [2.24, 2.45) is 4.99 Å². The van der Waals surface area contributed by atoms with Crippen LogP contribution in [0.1, 0.15) is 39.2 Å². The van der Waals surface area contributed by atoms with Crippen LogP contribution in [0.2, 0.25) is 5.02 Å². The molecule has 1 atom stereocenters. The number of hydrogen-bond donors (Lipinski definition) is 2. The molecule has 0 aliphatic heterocycles. The van der Waals surface area contributed by atoms with Gasteiger partial charge in [-0.25, -0.2) is 0 Å². The van der Waals surface area contributed by atoms with Gasteiger partial charge in [-0.3, -0.25) is 4.99 Å². The van der Waals surface area contributed by atoms with Crippen LogP contribution < -0.4 is 15.4 Å². The van der Waals surface area contributed by atoms with Crippen LogP contribution >= 0.6 is 35.6 Å². The summed E-state index contributed by atoms with van der Waals surface area (Å²) in [7, 11) is 1.67. The van der Waals surface area contributed by atoms with E-state index in [4.69, 9.17) is 11.6 Å². The third-order valence-electron chi connectivity index (χ3n) is 4.30. The van der Waals surface area contributed by atoms with Gasteiger partial charge in [0.05, 0.1) is 0 Å². The van der Waals surface area contributed by atoms with Crippen molar-refractivity contribution in [1.82, 2.24) is 15.5 Å². The van der Waals surface area contributed by atoms with Crippen molar-refractivity contribution in [3.05, 3.63) is 28.8 Å². The van der Waals surface area contributed by atoms with Gasteiger partial charge in [-0.15, -0.1) is 24.0 Å². The largest absolute Gasteiger partial charge is 0.434 e. The molecule has 0 spiro atoms. The zero-order valence-electron chi connectivity index (χ0n) is 17.0. The second-order valence-electron chi connectivity index (χ2n) is 6.27. The van der Waals surface area contributed by atoms with Gasteiger partial charge < -0.3 is 20.3 Å². The highest BCUT2D eigenvalue weighted by Gasteiger charge is 2.12. The van der Waals surface area contributed by atoms with E-state index in [0.29, 0.717) is 16.5 Å². The van der Waals surface area contributed by atoms with E-state index in [0.717, 1.165) is 32.5 Å². The van der Waals surface area contributed by atoms with Crippen LogP contribution in [0.3, 0.4) is 0 Å². The fourth-order valence-corrected chi connectivity index (χ4v) is 2.93. The molecular weight excluding hydrogens is 501 g/mol. The van der Waals surface area contributed by atoms with Gasteiger partial charge in [0.2, 0.25) is 0 Å². The summed E-state index contributed by atoms with van der Waals surface area (Å²) < 4.78 is 29.6. The molecule has 1 rings (SSSR count). The van der Waals surface area contributed by atoms with Crippen molar-refractivity contribution in [2.45, 2.75) is 52.8 Å². The molecule has 1 aromatic rings. The Labute approximate surface area is 189 Å². The number of alkyl halides is 2. The Balaban J connectivity index is 0.00000729. The number of ether oxygens (including phenoxy) is 1. The molecule has 2 N–H and O–H groups in total. The Morgan fingerprint density at radius 1 is 1.29 bits per heavy atom. The average molecular weight is 533 g/mol. The van der Waals surface area contributed by atoms with Gasteiger partial charge in [0, 0.05) is 30.2 Å². The Hall–Kier alpha value is -0.870. The highest BCUT2D eigenvalue weighted by Crippen LogP contribution is 2.24. The summed E-state index contributed by atoms with van der Waals surface area (Å²) in [5, 5.41) is 6.90. The number of nitrogens with one attached hydrogen (secondary N) is 2. The predicted molar refractivity (Wildman–Crippen MR) is 123 cm³/mol. The van der Waals surface area contributed by atoms with Crippen LogP contribution in [0, 0.1) is 0 Å². The van der Waals surface area contributed by atoms with E-state index < -0.39 is 6.61 Å². The van der Waals surface area contributed by atoms with Gasteiger partial charge in [-0.2, -0.15) is 8.78 Å². The van der Waals surface area contributed by atoms with E-state index in [1.807, 2.05) is 0 Å². The van der Waals surface area contributed by atoms with Crippen LogP contribution in [0.4, 0.5) is 8.78 Å². The molecule has 0 heterocycles. The third kappa shape index (κ3) is 10.6.